The van der Waals surface area contributed by atoms with Crippen LogP contribution in [0.2, 0.25) is 0 Å². The Labute approximate surface area is 174 Å². The normalized spacial score (nSPS) is 11.1. The van der Waals surface area contributed by atoms with Gasteiger partial charge in [0.2, 0.25) is 0 Å². The number of ether oxygens (including phenoxy) is 3. The molecule has 158 valence electrons. The molecule has 0 spiro atoms. The predicted molar refractivity (Wildman–Crippen MR) is 108 cm³/mol. The van der Waals surface area contributed by atoms with Crippen LogP contribution in [-0.4, -0.2) is 32.1 Å². The third-order valence-corrected chi connectivity index (χ3v) is 4.08. The van der Waals surface area contributed by atoms with Crippen LogP contribution in [0.5, 0.6) is 17.2 Å². The van der Waals surface area contributed by atoms with Gasteiger partial charge < -0.3 is 25.3 Å². The van der Waals surface area contributed by atoms with E-state index in [-0.39, 0.29) is 36.0 Å². The van der Waals surface area contributed by atoms with Crippen molar-refractivity contribution in [1.29, 1.82) is 0 Å². The second-order valence-corrected chi connectivity index (χ2v) is 5.89. The fraction of sp³-hybridized carbons (Fsp3) is 0.300. The van der Waals surface area contributed by atoms with Gasteiger partial charge in [0, 0.05) is 12.1 Å². The van der Waals surface area contributed by atoms with Crippen molar-refractivity contribution in [1.82, 2.24) is 5.32 Å². The zero-order valence-electron chi connectivity index (χ0n) is 16.4. The third kappa shape index (κ3) is 6.07. The summed E-state index contributed by atoms with van der Waals surface area (Å²) in [6, 6.07) is 8.05. The van der Waals surface area contributed by atoms with Crippen molar-refractivity contribution in [3.63, 3.8) is 0 Å². The van der Waals surface area contributed by atoms with Crippen LogP contribution in [0, 0.1) is 5.82 Å². The lowest BCUT2D eigenvalue weighted by atomic mass is 10.1. The molecule has 0 saturated heterocycles. The maximum absolute atomic E-state index is 14.2. The zero-order valence-corrected chi connectivity index (χ0v) is 17.2. The molecule has 2 aromatic rings. The van der Waals surface area contributed by atoms with Gasteiger partial charge >= 0.3 is 5.97 Å². The number of carbonyl (C=O) groups excluding carboxylic acids is 2. The summed E-state index contributed by atoms with van der Waals surface area (Å²) in [5.41, 5.74) is 6.34. The predicted octanol–water partition coefficient (Wildman–Crippen LogP) is 3.19. The molecule has 0 bridgehead atoms. The Morgan fingerprint density at radius 2 is 1.79 bits per heavy atom. The molecule has 29 heavy (non-hydrogen) atoms. The van der Waals surface area contributed by atoms with Crippen molar-refractivity contribution in [3.8, 4) is 17.2 Å². The number of esters is 1. The molecule has 9 heteroatoms. The van der Waals surface area contributed by atoms with Gasteiger partial charge in [-0.25, -0.2) is 9.18 Å². The Morgan fingerprint density at radius 1 is 1.10 bits per heavy atom. The van der Waals surface area contributed by atoms with E-state index in [1.807, 2.05) is 0 Å². The highest BCUT2D eigenvalue weighted by molar-refractivity contribution is 5.97. The van der Waals surface area contributed by atoms with Gasteiger partial charge in [0.25, 0.3) is 5.91 Å². The maximum atomic E-state index is 14.2. The van der Waals surface area contributed by atoms with Gasteiger partial charge in [-0.05, 0) is 42.3 Å². The van der Waals surface area contributed by atoms with E-state index in [9.17, 15) is 14.0 Å². The number of amides is 1. The van der Waals surface area contributed by atoms with Crippen LogP contribution in [0.15, 0.2) is 36.4 Å². The van der Waals surface area contributed by atoms with Crippen molar-refractivity contribution in [2.45, 2.75) is 25.9 Å². The average Bonchev–Trinajstić information content (AvgIpc) is 2.72. The number of nitrogens with two attached hydrogens (primary N) is 1. The first-order valence-corrected chi connectivity index (χ1v) is 8.66. The van der Waals surface area contributed by atoms with E-state index >= 15 is 0 Å². The van der Waals surface area contributed by atoms with Crippen molar-refractivity contribution in [2.24, 2.45) is 5.73 Å². The Bertz CT molecular complexity index is 863. The fourth-order valence-electron chi connectivity index (χ4n) is 2.48. The molecule has 0 aliphatic carbocycles. The van der Waals surface area contributed by atoms with Crippen LogP contribution in [0.3, 0.4) is 0 Å². The summed E-state index contributed by atoms with van der Waals surface area (Å²) < 4.78 is 29.7. The van der Waals surface area contributed by atoms with Crippen LogP contribution in [0.25, 0.3) is 0 Å². The summed E-state index contributed by atoms with van der Waals surface area (Å²) in [7, 11) is 2.68. The first-order chi connectivity index (χ1) is 13.4. The SMILES string of the molecule is CCC(NC(=O)c1ccc(OC)c(Oc2ccc(CN)cc2F)c1)C(=O)OC.Cl. The van der Waals surface area contributed by atoms with Gasteiger partial charge in [-0.2, -0.15) is 0 Å². The van der Waals surface area contributed by atoms with E-state index in [2.05, 4.69) is 10.1 Å². The molecule has 0 saturated carbocycles. The number of halogens is 2. The molecule has 0 fully saturated rings. The highest BCUT2D eigenvalue weighted by atomic mass is 35.5. The smallest absolute Gasteiger partial charge is 0.328 e. The molecule has 1 atom stereocenters. The third-order valence-electron chi connectivity index (χ3n) is 4.08. The average molecular weight is 427 g/mol. The molecule has 0 radical (unpaired) electrons. The van der Waals surface area contributed by atoms with Gasteiger partial charge in [0.05, 0.1) is 14.2 Å². The molecular weight excluding hydrogens is 403 g/mol. The van der Waals surface area contributed by atoms with Gasteiger partial charge in [-0.1, -0.05) is 13.0 Å². The minimum Gasteiger partial charge on any atom is -0.493 e. The minimum absolute atomic E-state index is 0. The van der Waals surface area contributed by atoms with Gasteiger partial charge in [0.15, 0.2) is 23.1 Å². The van der Waals surface area contributed by atoms with E-state index in [1.165, 1.54) is 44.6 Å². The lowest BCUT2D eigenvalue weighted by molar-refractivity contribution is -0.142. The Morgan fingerprint density at radius 3 is 2.34 bits per heavy atom. The molecule has 3 N–H and O–H groups in total. The molecule has 0 aliphatic heterocycles. The Balaban J connectivity index is 0.00000420. The molecule has 1 amide bonds. The monoisotopic (exact) mass is 426 g/mol. The summed E-state index contributed by atoms with van der Waals surface area (Å²) >= 11 is 0. The number of methoxy groups -OCH3 is 2. The van der Waals surface area contributed by atoms with Gasteiger partial charge in [0.1, 0.15) is 6.04 Å². The first-order valence-electron chi connectivity index (χ1n) is 8.66. The standard InChI is InChI=1S/C20H23FN2O5.ClH/c1-4-15(20(25)27-3)23-19(24)13-6-8-17(26-2)18(10-13)28-16-7-5-12(11-22)9-14(16)21;/h5-10,15H,4,11,22H2,1-3H3,(H,23,24);1H. The van der Waals surface area contributed by atoms with E-state index in [0.717, 1.165) is 0 Å². The van der Waals surface area contributed by atoms with Crippen molar-refractivity contribution in [3.05, 3.63) is 53.3 Å². The Kier molecular flexibility index (Phi) is 9.37. The summed E-state index contributed by atoms with van der Waals surface area (Å²) in [6.45, 7) is 1.95. The largest absolute Gasteiger partial charge is 0.493 e. The van der Waals surface area contributed by atoms with Crippen molar-refractivity contribution >= 4 is 24.3 Å². The number of carbonyl (C=O) groups is 2. The fourth-order valence-corrected chi connectivity index (χ4v) is 2.48. The lowest BCUT2D eigenvalue weighted by Gasteiger charge is -2.16. The highest BCUT2D eigenvalue weighted by Crippen LogP contribution is 2.34. The molecule has 1 unspecified atom stereocenters. The van der Waals surface area contributed by atoms with Crippen molar-refractivity contribution < 1.29 is 28.2 Å². The number of rotatable bonds is 8. The van der Waals surface area contributed by atoms with Gasteiger partial charge in [-0.3, -0.25) is 4.79 Å². The number of benzene rings is 2. The first kappa shape index (κ1) is 24.2. The quantitative estimate of drug-likeness (QED) is 0.629. The van der Waals surface area contributed by atoms with Crippen LogP contribution in [-0.2, 0) is 16.1 Å². The Hall–Kier alpha value is -2.84. The van der Waals surface area contributed by atoms with Crippen LogP contribution >= 0.6 is 12.4 Å². The lowest BCUT2D eigenvalue weighted by Crippen LogP contribution is -2.41. The van der Waals surface area contributed by atoms with E-state index in [0.29, 0.717) is 17.7 Å². The topological polar surface area (TPSA) is 99.9 Å². The number of nitrogens with one attached hydrogen (secondary N) is 1. The molecular formula is C20H24ClFN2O5. The van der Waals surface area contributed by atoms with E-state index in [4.69, 9.17) is 15.2 Å². The molecule has 0 heterocycles. The molecule has 0 aliphatic rings. The summed E-state index contributed by atoms with van der Waals surface area (Å²) in [5, 5.41) is 2.59. The molecule has 2 rings (SSSR count). The second kappa shape index (κ2) is 11.2. The highest BCUT2D eigenvalue weighted by Gasteiger charge is 2.21. The number of hydrogen-bond donors (Lipinski definition) is 2. The minimum atomic E-state index is -0.773. The van der Waals surface area contributed by atoms with Crippen LogP contribution < -0.4 is 20.5 Å². The van der Waals surface area contributed by atoms with Crippen LogP contribution in [0.4, 0.5) is 4.39 Å². The van der Waals surface area contributed by atoms with Gasteiger partial charge in [-0.15, -0.1) is 12.4 Å². The molecule has 2 aromatic carbocycles. The second-order valence-electron chi connectivity index (χ2n) is 5.89. The van der Waals surface area contributed by atoms with Crippen LogP contribution in [0.1, 0.15) is 29.3 Å². The summed E-state index contributed by atoms with van der Waals surface area (Å²) in [4.78, 5) is 24.2. The zero-order chi connectivity index (χ0) is 20.7. The van der Waals surface area contributed by atoms with E-state index < -0.39 is 23.7 Å². The summed E-state index contributed by atoms with van der Waals surface area (Å²) in [5.74, 6) is -1.18. The maximum Gasteiger partial charge on any atom is 0.328 e. The number of hydrogen-bond acceptors (Lipinski definition) is 6. The van der Waals surface area contributed by atoms with E-state index in [1.54, 1.807) is 13.0 Å². The molecule has 7 nitrogen and oxygen atoms in total. The summed E-state index contributed by atoms with van der Waals surface area (Å²) in [6.07, 6.45) is 0.372. The molecule has 0 aromatic heterocycles. The van der Waals surface area contributed by atoms with Crippen molar-refractivity contribution in [2.75, 3.05) is 14.2 Å².